The molecule has 1 saturated carbocycles. The van der Waals surface area contributed by atoms with Gasteiger partial charge in [-0.05, 0) is 63.5 Å². The van der Waals surface area contributed by atoms with Crippen LogP contribution >= 0.6 is 0 Å². The second-order valence-electron chi connectivity index (χ2n) is 6.20. The summed E-state index contributed by atoms with van der Waals surface area (Å²) in [5, 5.41) is 7.25. The smallest absolute Gasteiger partial charge is 0.0244 e. The summed E-state index contributed by atoms with van der Waals surface area (Å²) in [5.74, 6) is 1.73. The third kappa shape index (κ3) is 6.23. The molecule has 0 amide bonds. The third-order valence-electron chi connectivity index (χ3n) is 4.75. The lowest BCUT2D eigenvalue weighted by molar-refractivity contribution is 0.255. The molecule has 20 heavy (non-hydrogen) atoms. The normalized spacial score (nSPS) is 25.9. The van der Waals surface area contributed by atoms with Crippen molar-refractivity contribution in [3.05, 3.63) is 25.3 Å². The fourth-order valence-corrected chi connectivity index (χ4v) is 3.06. The molecule has 0 aromatic heterocycles. The van der Waals surface area contributed by atoms with Gasteiger partial charge in [-0.25, -0.2) is 0 Å². The molecular weight excluding hydrogens is 244 g/mol. The monoisotopic (exact) mass is 278 g/mol. The van der Waals surface area contributed by atoms with Crippen LogP contribution in [0.25, 0.3) is 0 Å². The zero-order valence-corrected chi connectivity index (χ0v) is 13.5. The Bertz CT molecular complexity index is 239. The van der Waals surface area contributed by atoms with E-state index in [0.717, 1.165) is 37.8 Å². The van der Waals surface area contributed by atoms with Gasteiger partial charge < -0.3 is 10.6 Å². The fourth-order valence-electron chi connectivity index (χ4n) is 3.06. The summed E-state index contributed by atoms with van der Waals surface area (Å²) in [6, 6.07) is 0.986. The van der Waals surface area contributed by atoms with E-state index in [1.807, 2.05) is 12.2 Å². The molecule has 1 fully saturated rings. The average molecular weight is 278 g/mol. The van der Waals surface area contributed by atoms with E-state index in [4.69, 9.17) is 0 Å². The Morgan fingerprint density at radius 2 is 1.20 bits per heavy atom. The summed E-state index contributed by atoms with van der Waals surface area (Å²) >= 11 is 0. The Hall–Kier alpha value is -0.600. The summed E-state index contributed by atoms with van der Waals surface area (Å²) in [5.41, 5.74) is 0. The summed E-state index contributed by atoms with van der Waals surface area (Å²) in [6.07, 6.45) is 11.8. The molecule has 0 saturated heterocycles. The standard InChI is InChI=1S/C18H34N2/c1-5-17(6-2)19-13-15-9-11-16(12-10-15)14-20-18(7-3)8-4/h5,7,15-20H,1,3,6,8-14H2,2,4H3. The van der Waals surface area contributed by atoms with Crippen molar-refractivity contribution in [3.8, 4) is 0 Å². The van der Waals surface area contributed by atoms with Crippen LogP contribution in [0, 0.1) is 11.8 Å². The van der Waals surface area contributed by atoms with Crippen LogP contribution in [0.4, 0.5) is 0 Å². The van der Waals surface area contributed by atoms with Gasteiger partial charge in [0.2, 0.25) is 0 Å². The van der Waals surface area contributed by atoms with E-state index in [1.54, 1.807) is 0 Å². The second-order valence-corrected chi connectivity index (χ2v) is 6.20. The van der Waals surface area contributed by atoms with Gasteiger partial charge in [-0.15, -0.1) is 13.2 Å². The molecule has 0 aromatic rings. The van der Waals surface area contributed by atoms with Crippen LogP contribution in [-0.2, 0) is 0 Å². The highest BCUT2D eigenvalue weighted by Gasteiger charge is 2.21. The Morgan fingerprint density at radius 3 is 1.45 bits per heavy atom. The minimum atomic E-state index is 0.493. The molecule has 0 radical (unpaired) electrons. The van der Waals surface area contributed by atoms with Crippen molar-refractivity contribution in [2.24, 2.45) is 11.8 Å². The minimum Gasteiger partial charge on any atom is -0.310 e. The Balaban J connectivity index is 2.16. The van der Waals surface area contributed by atoms with E-state index in [9.17, 15) is 0 Å². The van der Waals surface area contributed by atoms with Gasteiger partial charge in [0.25, 0.3) is 0 Å². The summed E-state index contributed by atoms with van der Waals surface area (Å²) in [4.78, 5) is 0. The molecule has 2 N–H and O–H groups in total. The quantitative estimate of drug-likeness (QED) is 0.592. The topological polar surface area (TPSA) is 24.1 Å². The fraction of sp³-hybridized carbons (Fsp3) is 0.778. The second kappa shape index (κ2) is 10.2. The van der Waals surface area contributed by atoms with Crippen LogP contribution in [0.3, 0.4) is 0 Å². The molecule has 2 heteroatoms. The highest BCUT2D eigenvalue weighted by molar-refractivity contribution is 4.87. The molecule has 0 aliphatic heterocycles. The maximum Gasteiger partial charge on any atom is 0.0244 e. The van der Waals surface area contributed by atoms with Crippen molar-refractivity contribution in [1.82, 2.24) is 10.6 Å². The Labute approximate surface area is 126 Å². The first-order valence-electron chi connectivity index (χ1n) is 8.45. The molecule has 2 atom stereocenters. The molecule has 1 aliphatic carbocycles. The minimum absolute atomic E-state index is 0.493. The van der Waals surface area contributed by atoms with Gasteiger partial charge in [-0.1, -0.05) is 26.0 Å². The first-order chi connectivity index (χ1) is 9.73. The number of rotatable bonds is 10. The van der Waals surface area contributed by atoms with Crippen LogP contribution in [0.5, 0.6) is 0 Å². The molecule has 0 aromatic carbocycles. The van der Waals surface area contributed by atoms with Gasteiger partial charge in [0.1, 0.15) is 0 Å². The summed E-state index contributed by atoms with van der Waals surface area (Å²) < 4.78 is 0. The lowest BCUT2D eigenvalue weighted by atomic mass is 9.81. The number of nitrogens with one attached hydrogen (secondary N) is 2. The summed E-state index contributed by atoms with van der Waals surface area (Å²) in [6.45, 7) is 14.5. The highest BCUT2D eigenvalue weighted by Crippen LogP contribution is 2.28. The van der Waals surface area contributed by atoms with E-state index >= 15 is 0 Å². The first kappa shape index (κ1) is 17.5. The van der Waals surface area contributed by atoms with E-state index in [-0.39, 0.29) is 0 Å². The molecule has 2 unspecified atom stereocenters. The van der Waals surface area contributed by atoms with Crippen LogP contribution in [0.2, 0.25) is 0 Å². The third-order valence-corrected chi connectivity index (χ3v) is 4.75. The maximum atomic E-state index is 3.89. The predicted octanol–water partition coefficient (Wildman–Crippen LogP) is 3.90. The van der Waals surface area contributed by atoms with Gasteiger partial charge in [-0.3, -0.25) is 0 Å². The zero-order chi connectivity index (χ0) is 14.8. The van der Waals surface area contributed by atoms with Gasteiger partial charge in [-0.2, -0.15) is 0 Å². The highest BCUT2D eigenvalue weighted by atomic mass is 14.9. The van der Waals surface area contributed by atoms with Gasteiger partial charge in [0.15, 0.2) is 0 Å². The molecule has 0 bridgehead atoms. The van der Waals surface area contributed by atoms with Crippen molar-refractivity contribution >= 4 is 0 Å². The van der Waals surface area contributed by atoms with E-state index in [0.29, 0.717) is 12.1 Å². The predicted molar refractivity (Wildman–Crippen MR) is 90.0 cm³/mol. The van der Waals surface area contributed by atoms with E-state index < -0.39 is 0 Å². The number of hydrogen-bond donors (Lipinski definition) is 2. The SMILES string of the molecule is C=CC(CC)NCC1CCC(CNC(C=C)CC)CC1. The molecule has 0 spiro atoms. The van der Waals surface area contributed by atoms with Crippen molar-refractivity contribution in [3.63, 3.8) is 0 Å². The van der Waals surface area contributed by atoms with Crippen LogP contribution in [-0.4, -0.2) is 25.2 Å². The van der Waals surface area contributed by atoms with Crippen molar-refractivity contribution in [2.45, 2.75) is 64.5 Å². The lowest BCUT2D eigenvalue weighted by Crippen LogP contribution is -2.36. The van der Waals surface area contributed by atoms with E-state index in [1.165, 1.54) is 25.7 Å². The van der Waals surface area contributed by atoms with Gasteiger partial charge >= 0.3 is 0 Å². The van der Waals surface area contributed by atoms with Crippen LogP contribution in [0.1, 0.15) is 52.4 Å². The Morgan fingerprint density at radius 1 is 0.850 bits per heavy atom. The van der Waals surface area contributed by atoms with Crippen molar-refractivity contribution in [1.29, 1.82) is 0 Å². The first-order valence-corrected chi connectivity index (χ1v) is 8.45. The van der Waals surface area contributed by atoms with Gasteiger partial charge in [0.05, 0.1) is 0 Å². The van der Waals surface area contributed by atoms with Crippen molar-refractivity contribution in [2.75, 3.05) is 13.1 Å². The van der Waals surface area contributed by atoms with Gasteiger partial charge in [0, 0.05) is 12.1 Å². The Kier molecular flexibility index (Phi) is 8.88. The molecule has 2 nitrogen and oxygen atoms in total. The number of hydrogen-bond acceptors (Lipinski definition) is 2. The lowest BCUT2D eigenvalue weighted by Gasteiger charge is -2.30. The maximum absolute atomic E-state index is 3.89. The molecule has 1 rings (SSSR count). The molecular formula is C18H34N2. The van der Waals surface area contributed by atoms with Crippen LogP contribution in [0.15, 0.2) is 25.3 Å². The average Bonchev–Trinajstić information content (AvgIpc) is 2.50. The van der Waals surface area contributed by atoms with Crippen molar-refractivity contribution < 1.29 is 0 Å². The molecule has 0 heterocycles. The molecule has 1 aliphatic rings. The molecule has 116 valence electrons. The van der Waals surface area contributed by atoms with E-state index in [2.05, 4.69) is 37.6 Å². The summed E-state index contributed by atoms with van der Waals surface area (Å²) in [7, 11) is 0. The zero-order valence-electron chi connectivity index (χ0n) is 13.5. The van der Waals surface area contributed by atoms with Crippen LogP contribution < -0.4 is 10.6 Å². The largest absolute Gasteiger partial charge is 0.310 e.